The summed E-state index contributed by atoms with van der Waals surface area (Å²) in [5, 5.41) is 3.32. The van der Waals surface area contributed by atoms with Crippen molar-refractivity contribution in [2.24, 2.45) is 0 Å². The maximum Gasteiger partial charge on any atom is 0.125 e. The van der Waals surface area contributed by atoms with E-state index in [0.717, 1.165) is 42.9 Å². The molecule has 2 aromatic rings. The van der Waals surface area contributed by atoms with E-state index in [4.69, 9.17) is 0 Å². The Bertz CT molecular complexity index is 505. The molecule has 0 radical (unpaired) electrons. The van der Waals surface area contributed by atoms with Gasteiger partial charge < -0.3 is 9.88 Å². The molecule has 1 aromatic heterocycles. The first-order chi connectivity index (χ1) is 8.26. The van der Waals surface area contributed by atoms with E-state index in [0.29, 0.717) is 0 Å². The van der Waals surface area contributed by atoms with E-state index in [1.807, 2.05) is 0 Å². The van der Waals surface area contributed by atoms with Gasteiger partial charge in [0.25, 0.3) is 0 Å². The third-order valence-corrected chi connectivity index (χ3v) is 2.82. The molecule has 0 saturated carbocycles. The summed E-state index contributed by atoms with van der Waals surface area (Å²) in [7, 11) is 0. The molecule has 2 rings (SSSR count). The van der Waals surface area contributed by atoms with Gasteiger partial charge in [-0.25, -0.2) is 9.37 Å². The van der Waals surface area contributed by atoms with Crippen molar-refractivity contribution < 1.29 is 4.39 Å². The third-order valence-electron chi connectivity index (χ3n) is 2.82. The van der Waals surface area contributed by atoms with Gasteiger partial charge in [-0.15, -0.1) is 0 Å². The molecule has 1 heterocycles. The van der Waals surface area contributed by atoms with Gasteiger partial charge >= 0.3 is 0 Å². The number of hydrogen-bond donors (Lipinski definition) is 1. The molecule has 0 amide bonds. The van der Waals surface area contributed by atoms with E-state index in [9.17, 15) is 4.39 Å². The SMILES string of the molecule is CCCNCc1nc2ccc(F)cc2n1CC. The van der Waals surface area contributed by atoms with E-state index >= 15 is 0 Å². The number of halogens is 1. The Kier molecular flexibility index (Phi) is 3.74. The Morgan fingerprint density at radius 2 is 2.18 bits per heavy atom. The van der Waals surface area contributed by atoms with Gasteiger partial charge in [-0.1, -0.05) is 6.92 Å². The molecule has 0 saturated heterocycles. The number of imidazole rings is 1. The number of aromatic nitrogens is 2. The van der Waals surface area contributed by atoms with Gasteiger partial charge in [0.1, 0.15) is 11.6 Å². The van der Waals surface area contributed by atoms with Crippen LogP contribution in [0.2, 0.25) is 0 Å². The molecule has 4 heteroatoms. The maximum atomic E-state index is 13.2. The molecule has 0 fully saturated rings. The maximum absolute atomic E-state index is 13.2. The summed E-state index contributed by atoms with van der Waals surface area (Å²) >= 11 is 0. The molecule has 1 N–H and O–H groups in total. The Hall–Kier alpha value is -1.42. The average Bonchev–Trinajstić information content (AvgIpc) is 2.66. The Morgan fingerprint density at radius 3 is 2.88 bits per heavy atom. The van der Waals surface area contributed by atoms with E-state index in [-0.39, 0.29) is 5.82 Å². The normalized spacial score (nSPS) is 11.2. The van der Waals surface area contributed by atoms with Crippen LogP contribution in [0.1, 0.15) is 26.1 Å². The van der Waals surface area contributed by atoms with Gasteiger partial charge in [0, 0.05) is 6.54 Å². The molecule has 0 spiro atoms. The van der Waals surface area contributed by atoms with Crippen molar-refractivity contribution in [2.75, 3.05) is 6.54 Å². The molecule has 3 nitrogen and oxygen atoms in total. The Balaban J connectivity index is 2.35. The predicted molar refractivity (Wildman–Crippen MR) is 67.4 cm³/mol. The van der Waals surface area contributed by atoms with Crippen LogP contribution >= 0.6 is 0 Å². The number of nitrogens with zero attached hydrogens (tertiary/aromatic N) is 2. The average molecular weight is 235 g/mol. The van der Waals surface area contributed by atoms with Crippen molar-refractivity contribution in [1.29, 1.82) is 0 Å². The van der Waals surface area contributed by atoms with Crippen LogP contribution in [-0.2, 0) is 13.1 Å². The van der Waals surface area contributed by atoms with Gasteiger partial charge in [-0.2, -0.15) is 0 Å². The minimum atomic E-state index is -0.208. The molecule has 0 aliphatic carbocycles. The van der Waals surface area contributed by atoms with Crippen LogP contribution < -0.4 is 5.32 Å². The zero-order chi connectivity index (χ0) is 12.3. The fourth-order valence-corrected chi connectivity index (χ4v) is 2.01. The fraction of sp³-hybridized carbons (Fsp3) is 0.462. The van der Waals surface area contributed by atoms with Gasteiger partial charge in [0.2, 0.25) is 0 Å². The summed E-state index contributed by atoms with van der Waals surface area (Å²) in [5.41, 5.74) is 1.74. The van der Waals surface area contributed by atoms with Crippen LogP contribution in [0.3, 0.4) is 0 Å². The highest BCUT2D eigenvalue weighted by atomic mass is 19.1. The topological polar surface area (TPSA) is 29.9 Å². The standard InChI is InChI=1S/C13H18FN3/c1-3-7-15-9-13-16-11-6-5-10(14)8-12(11)17(13)4-2/h5-6,8,15H,3-4,7,9H2,1-2H3. The van der Waals surface area contributed by atoms with Crippen LogP contribution in [0.4, 0.5) is 4.39 Å². The number of fused-ring (bicyclic) bond motifs is 1. The van der Waals surface area contributed by atoms with E-state index < -0.39 is 0 Å². The molecular formula is C13H18FN3. The number of aryl methyl sites for hydroxylation is 1. The molecule has 0 aliphatic heterocycles. The van der Waals surface area contributed by atoms with Crippen molar-refractivity contribution >= 4 is 11.0 Å². The van der Waals surface area contributed by atoms with Gasteiger partial charge in [-0.3, -0.25) is 0 Å². The highest BCUT2D eigenvalue weighted by Gasteiger charge is 2.09. The summed E-state index contributed by atoms with van der Waals surface area (Å²) < 4.78 is 15.3. The molecule has 0 bridgehead atoms. The number of rotatable bonds is 5. The van der Waals surface area contributed by atoms with Crippen molar-refractivity contribution in [2.45, 2.75) is 33.4 Å². The van der Waals surface area contributed by atoms with E-state index in [1.165, 1.54) is 6.07 Å². The lowest BCUT2D eigenvalue weighted by molar-refractivity contribution is 0.612. The van der Waals surface area contributed by atoms with Crippen molar-refractivity contribution in [3.63, 3.8) is 0 Å². The summed E-state index contributed by atoms with van der Waals surface area (Å²) in [4.78, 5) is 4.53. The minimum Gasteiger partial charge on any atom is -0.327 e. The van der Waals surface area contributed by atoms with Crippen molar-refractivity contribution in [3.8, 4) is 0 Å². The highest BCUT2D eigenvalue weighted by molar-refractivity contribution is 5.76. The Labute approximate surface area is 101 Å². The number of hydrogen-bond acceptors (Lipinski definition) is 2. The van der Waals surface area contributed by atoms with Crippen molar-refractivity contribution in [1.82, 2.24) is 14.9 Å². The molecule has 0 atom stereocenters. The molecular weight excluding hydrogens is 217 g/mol. The summed E-state index contributed by atoms with van der Waals surface area (Å²) in [6.45, 7) is 6.70. The predicted octanol–water partition coefficient (Wildman–Crippen LogP) is 2.69. The zero-order valence-corrected chi connectivity index (χ0v) is 10.3. The van der Waals surface area contributed by atoms with Crippen LogP contribution in [0, 0.1) is 5.82 Å². The van der Waals surface area contributed by atoms with E-state index in [1.54, 1.807) is 12.1 Å². The number of nitrogens with one attached hydrogen (secondary N) is 1. The second-order valence-electron chi connectivity index (χ2n) is 4.08. The molecule has 0 aliphatic rings. The van der Waals surface area contributed by atoms with Gasteiger partial charge in [0.15, 0.2) is 0 Å². The van der Waals surface area contributed by atoms with Crippen molar-refractivity contribution in [3.05, 3.63) is 29.8 Å². The molecule has 17 heavy (non-hydrogen) atoms. The highest BCUT2D eigenvalue weighted by Crippen LogP contribution is 2.17. The molecule has 1 aromatic carbocycles. The monoisotopic (exact) mass is 235 g/mol. The molecule has 92 valence electrons. The minimum absolute atomic E-state index is 0.208. The van der Waals surface area contributed by atoms with Gasteiger partial charge in [-0.05, 0) is 38.1 Å². The van der Waals surface area contributed by atoms with E-state index in [2.05, 4.69) is 28.7 Å². The quantitative estimate of drug-likeness (QED) is 0.807. The van der Waals surface area contributed by atoms with Crippen LogP contribution in [0.5, 0.6) is 0 Å². The summed E-state index contributed by atoms with van der Waals surface area (Å²) in [5.74, 6) is 0.765. The first kappa shape index (κ1) is 12.0. The zero-order valence-electron chi connectivity index (χ0n) is 10.3. The summed E-state index contributed by atoms with van der Waals surface area (Å²) in [6.07, 6.45) is 1.10. The van der Waals surface area contributed by atoms with Crippen LogP contribution in [0.25, 0.3) is 11.0 Å². The molecule has 0 unspecified atom stereocenters. The second kappa shape index (κ2) is 5.27. The first-order valence-corrected chi connectivity index (χ1v) is 6.11. The first-order valence-electron chi connectivity index (χ1n) is 6.11. The Morgan fingerprint density at radius 1 is 1.35 bits per heavy atom. The fourth-order valence-electron chi connectivity index (χ4n) is 2.01. The second-order valence-corrected chi connectivity index (χ2v) is 4.08. The van der Waals surface area contributed by atoms with Crippen LogP contribution in [-0.4, -0.2) is 16.1 Å². The van der Waals surface area contributed by atoms with Gasteiger partial charge in [0.05, 0.1) is 17.6 Å². The third kappa shape index (κ3) is 2.47. The number of benzene rings is 1. The largest absolute Gasteiger partial charge is 0.327 e. The lowest BCUT2D eigenvalue weighted by Gasteiger charge is -2.06. The lowest BCUT2D eigenvalue weighted by Crippen LogP contribution is -2.17. The summed E-state index contributed by atoms with van der Waals surface area (Å²) in [6, 6.07) is 4.74. The smallest absolute Gasteiger partial charge is 0.125 e. The van der Waals surface area contributed by atoms with Crippen LogP contribution in [0.15, 0.2) is 18.2 Å². The lowest BCUT2D eigenvalue weighted by atomic mass is 10.3.